The number of aromatic nitrogens is 2. The van der Waals surface area contributed by atoms with Crippen molar-refractivity contribution in [3.05, 3.63) is 77.3 Å². The molecule has 1 aromatic carbocycles. The second-order valence-electron chi connectivity index (χ2n) is 7.85. The first kappa shape index (κ1) is 19.0. The largest absolute Gasteiger partial charge is 0.365 e. The maximum absolute atomic E-state index is 14.7. The van der Waals surface area contributed by atoms with E-state index in [4.69, 9.17) is 11.6 Å². The van der Waals surface area contributed by atoms with Crippen molar-refractivity contribution in [3.63, 3.8) is 0 Å². The smallest absolute Gasteiger partial charge is 0.254 e. The van der Waals surface area contributed by atoms with Gasteiger partial charge in [0.2, 0.25) is 0 Å². The van der Waals surface area contributed by atoms with Crippen LogP contribution in [0.25, 0.3) is 11.3 Å². The van der Waals surface area contributed by atoms with Crippen molar-refractivity contribution in [2.75, 3.05) is 11.9 Å². The van der Waals surface area contributed by atoms with Crippen LogP contribution in [0.4, 0.5) is 10.2 Å². The fourth-order valence-electron chi connectivity index (χ4n) is 4.69. The molecule has 1 saturated carbocycles. The average molecular weight is 423 g/mol. The molecular formula is C23H20ClFN4O. The van der Waals surface area contributed by atoms with Gasteiger partial charge in [-0.25, -0.2) is 9.37 Å². The summed E-state index contributed by atoms with van der Waals surface area (Å²) in [6, 6.07) is 13.7. The number of nitrogens with one attached hydrogen (secondary N) is 1. The Hall–Kier alpha value is -2.99. The maximum atomic E-state index is 14.7. The van der Waals surface area contributed by atoms with Crippen molar-refractivity contribution in [2.45, 2.75) is 24.9 Å². The summed E-state index contributed by atoms with van der Waals surface area (Å²) in [6.45, 7) is 0.688. The van der Waals surface area contributed by atoms with Crippen molar-refractivity contribution in [3.8, 4) is 11.3 Å². The predicted octanol–water partition coefficient (Wildman–Crippen LogP) is 4.65. The highest BCUT2D eigenvalue weighted by molar-refractivity contribution is 6.30. The van der Waals surface area contributed by atoms with Crippen molar-refractivity contribution < 1.29 is 9.18 Å². The fourth-order valence-corrected chi connectivity index (χ4v) is 4.80. The zero-order valence-electron chi connectivity index (χ0n) is 16.1. The van der Waals surface area contributed by atoms with E-state index in [-0.39, 0.29) is 23.6 Å². The van der Waals surface area contributed by atoms with Gasteiger partial charge in [-0.2, -0.15) is 0 Å². The number of nitrogens with zero attached hydrogens (tertiary/aromatic N) is 3. The molecule has 2 aliphatic rings. The lowest BCUT2D eigenvalue weighted by atomic mass is 9.99. The lowest BCUT2D eigenvalue weighted by molar-refractivity contribution is 0.0692. The average Bonchev–Trinajstić information content (AvgIpc) is 3.36. The zero-order chi connectivity index (χ0) is 20.7. The minimum absolute atomic E-state index is 0.0415. The van der Waals surface area contributed by atoms with E-state index >= 15 is 0 Å². The van der Waals surface area contributed by atoms with Gasteiger partial charge in [-0.3, -0.25) is 9.78 Å². The molecule has 1 N–H and O–H groups in total. The summed E-state index contributed by atoms with van der Waals surface area (Å²) < 4.78 is 14.7. The number of anilines is 1. The number of carbonyl (C=O) groups excluding carboxylic acids is 1. The van der Waals surface area contributed by atoms with Crippen molar-refractivity contribution >= 4 is 23.3 Å². The molecule has 3 atom stereocenters. The summed E-state index contributed by atoms with van der Waals surface area (Å²) in [5.74, 6) is 0.571. The van der Waals surface area contributed by atoms with Crippen LogP contribution in [0.5, 0.6) is 0 Å². The molecule has 1 aliphatic carbocycles. The Bertz CT molecular complexity index is 1080. The van der Waals surface area contributed by atoms with Gasteiger partial charge < -0.3 is 10.2 Å². The molecule has 3 aromatic rings. The predicted molar refractivity (Wildman–Crippen MR) is 114 cm³/mol. The second kappa shape index (κ2) is 7.69. The van der Waals surface area contributed by atoms with Crippen LogP contribution in [0.3, 0.4) is 0 Å². The Labute approximate surface area is 178 Å². The highest BCUT2D eigenvalue weighted by atomic mass is 35.5. The van der Waals surface area contributed by atoms with E-state index in [1.165, 1.54) is 6.07 Å². The van der Waals surface area contributed by atoms with E-state index < -0.39 is 5.82 Å². The summed E-state index contributed by atoms with van der Waals surface area (Å²) in [4.78, 5) is 24.0. The maximum Gasteiger partial charge on any atom is 0.254 e. The van der Waals surface area contributed by atoms with Crippen LogP contribution in [0.2, 0.25) is 5.02 Å². The summed E-state index contributed by atoms with van der Waals surface area (Å²) in [5, 5.41) is 4.03. The number of halogens is 2. The van der Waals surface area contributed by atoms with Gasteiger partial charge in [0, 0.05) is 30.5 Å². The third-order valence-electron chi connectivity index (χ3n) is 5.97. The van der Waals surface area contributed by atoms with E-state index in [0.29, 0.717) is 28.7 Å². The van der Waals surface area contributed by atoms with Crippen LogP contribution in [0.1, 0.15) is 23.2 Å². The number of carbonyl (C=O) groups is 1. The number of rotatable bonds is 4. The lowest BCUT2D eigenvalue weighted by Crippen LogP contribution is -2.47. The third kappa shape index (κ3) is 3.41. The molecular weight excluding hydrogens is 403 g/mol. The monoisotopic (exact) mass is 422 g/mol. The molecule has 5 rings (SSSR count). The molecule has 152 valence electrons. The van der Waals surface area contributed by atoms with Gasteiger partial charge in [0.05, 0.1) is 22.3 Å². The highest BCUT2D eigenvalue weighted by Gasteiger charge is 2.47. The quantitative estimate of drug-likeness (QED) is 0.664. The number of benzene rings is 1. The number of likely N-dealkylation sites (tertiary alicyclic amines) is 1. The van der Waals surface area contributed by atoms with Gasteiger partial charge in [-0.15, -0.1) is 0 Å². The van der Waals surface area contributed by atoms with E-state index in [0.717, 1.165) is 18.7 Å². The fraction of sp³-hybridized carbons (Fsp3) is 0.261. The Morgan fingerprint density at radius 2 is 2.00 bits per heavy atom. The van der Waals surface area contributed by atoms with Gasteiger partial charge >= 0.3 is 0 Å². The van der Waals surface area contributed by atoms with Crippen molar-refractivity contribution in [2.24, 2.45) is 5.92 Å². The minimum atomic E-state index is -0.441. The normalized spacial score (nSPS) is 22.3. The first-order chi connectivity index (χ1) is 14.6. The molecule has 3 unspecified atom stereocenters. The zero-order valence-corrected chi connectivity index (χ0v) is 16.9. The standard InChI is InChI=1S/C23H20ClFN4O/c24-15-7-8-21(27-12-15)28-19-10-14-11-20(19)29(13-14)23(30)16-4-3-5-17(25)22(16)18-6-1-2-9-26-18/h1-9,12,14,19-20H,10-11,13H2,(H,27,28). The Morgan fingerprint density at radius 1 is 1.10 bits per heavy atom. The molecule has 5 nitrogen and oxygen atoms in total. The molecule has 2 bridgehead atoms. The van der Waals surface area contributed by atoms with Crippen LogP contribution < -0.4 is 5.32 Å². The van der Waals surface area contributed by atoms with Gasteiger partial charge in [0.1, 0.15) is 11.6 Å². The van der Waals surface area contributed by atoms with Crippen molar-refractivity contribution in [1.29, 1.82) is 0 Å². The molecule has 1 amide bonds. The van der Waals surface area contributed by atoms with Gasteiger partial charge in [0.25, 0.3) is 5.91 Å². The lowest BCUT2D eigenvalue weighted by Gasteiger charge is -2.34. The summed E-state index contributed by atoms with van der Waals surface area (Å²) in [5.41, 5.74) is 1.07. The number of piperidine rings is 1. The molecule has 0 spiro atoms. The Morgan fingerprint density at radius 3 is 2.73 bits per heavy atom. The SMILES string of the molecule is O=C(c1cccc(F)c1-c1ccccn1)N1CC2CC(Nc3ccc(Cl)cn3)C1C2. The van der Waals surface area contributed by atoms with E-state index in [1.54, 1.807) is 48.8 Å². The number of amides is 1. The first-order valence-corrected chi connectivity index (χ1v) is 10.4. The van der Waals surface area contributed by atoms with Crippen molar-refractivity contribution in [1.82, 2.24) is 14.9 Å². The molecule has 7 heteroatoms. The van der Waals surface area contributed by atoms with Crippen LogP contribution >= 0.6 is 11.6 Å². The number of fused-ring (bicyclic) bond motifs is 2. The molecule has 2 fully saturated rings. The molecule has 1 saturated heterocycles. The summed E-state index contributed by atoms with van der Waals surface area (Å²) >= 11 is 5.92. The third-order valence-corrected chi connectivity index (χ3v) is 6.19. The number of hydrogen-bond donors (Lipinski definition) is 1. The Balaban J connectivity index is 1.42. The van der Waals surface area contributed by atoms with Crippen LogP contribution in [-0.2, 0) is 0 Å². The van der Waals surface area contributed by atoms with Gasteiger partial charge in [0.15, 0.2) is 0 Å². The Kier molecular flexibility index (Phi) is 4.87. The topological polar surface area (TPSA) is 58.1 Å². The van der Waals surface area contributed by atoms with E-state index in [1.807, 2.05) is 11.0 Å². The number of hydrogen-bond acceptors (Lipinski definition) is 4. The first-order valence-electron chi connectivity index (χ1n) is 9.99. The van der Waals surface area contributed by atoms with E-state index in [9.17, 15) is 9.18 Å². The van der Waals surface area contributed by atoms with Crippen LogP contribution in [-0.4, -0.2) is 39.4 Å². The van der Waals surface area contributed by atoms with Gasteiger partial charge in [-0.05, 0) is 55.2 Å². The number of pyridine rings is 2. The summed E-state index contributed by atoms with van der Waals surface area (Å²) in [7, 11) is 0. The van der Waals surface area contributed by atoms with Gasteiger partial charge in [-0.1, -0.05) is 23.7 Å². The molecule has 3 heterocycles. The molecule has 1 aliphatic heterocycles. The highest BCUT2D eigenvalue weighted by Crippen LogP contribution is 2.40. The molecule has 2 aromatic heterocycles. The van der Waals surface area contributed by atoms with Crippen LogP contribution in [0, 0.1) is 11.7 Å². The van der Waals surface area contributed by atoms with E-state index in [2.05, 4.69) is 15.3 Å². The molecule has 0 radical (unpaired) electrons. The minimum Gasteiger partial charge on any atom is -0.365 e. The van der Waals surface area contributed by atoms with Crippen LogP contribution in [0.15, 0.2) is 60.9 Å². The summed E-state index contributed by atoms with van der Waals surface area (Å²) in [6.07, 6.45) is 5.12. The molecule has 30 heavy (non-hydrogen) atoms. The second-order valence-corrected chi connectivity index (χ2v) is 8.29.